The lowest BCUT2D eigenvalue weighted by molar-refractivity contribution is 0.0193. The van der Waals surface area contributed by atoms with Crippen LogP contribution in [0.1, 0.15) is 35.8 Å². The highest BCUT2D eigenvalue weighted by atomic mass is 16.5. The van der Waals surface area contributed by atoms with Gasteiger partial charge in [-0.05, 0) is 38.9 Å². The summed E-state index contributed by atoms with van der Waals surface area (Å²) in [4.78, 5) is 21.8. The van der Waals surface area contributed by atoms with E-state index < -0.39 is 0 Å². The molecular weight excluding hydrogens is 416 g/mol. The van der Waals surface area contributed by atoms with Gasteiger partial charge in [-0.15, -0.1) is 0 Å². The Morgan fingerprint density at radius 1 is 1.12 bits per heavy atom. The minimum absolute atomic E-state index is 0.143. The largest absolute Gasteiger partial charge is 0.383 e. The molecule has 0 unspecified atom stereocenters. The molecule has 0 aliphatic carbocycles. The second-order valence-corrected chi connectivity index (χ2v) is 8.23. The summed E-state index contributed by atoms with van der Waals surface area (Å²) >= 11 is 0. The molecule has 0 radical (unpaired) electrons. The second-order valence-electron chi connectivity index (χ2n) is 8.23. The maximum atomic E-state index is 12.4. The average Bonchev–Trinajstić information content (AvgIpc) is 3.28. The van der Waals surface area contributed by atoms with Gasteiger partial charge in [-0.3, -0.25) is 9.78 Å². The summed E-state index contributed by atoms with van der Waals surface area (Å²) in [6.45, 7) is 3.58. The molecular formula is C25H26N6O2. The van der Waals surface area contributed by atoms with E-state index in [-0.39, 0.29) is 24.3 Å². The first-order valence-electron chi connectivity index (χ1n) is 11.1. The number of ether oxygens (including phenoxy) is 1. The number of aromatic nitrogens is 4. The van der Waals surface area contributed by atoms with E-state index in [1.54, 1.807) is 12.4 Å². The third kappa shape index (κ3) is 4.22. The van der Waals surface area contributed by atoms with Crippen LogP contribution in [-0.2, 0) is 11.3 Å². The number of ketones is 1. The van der Waals surface area contributed by atoms with Crippen molar-refractivity contribution < 1.29 is 9.53 Å². The third-order valence-corrected chi connectivity index (χ3v) is 6.00. The fourth-order valence-corrected chi connectivity index (χ4v) is 4.25. The van der Waals surface area contributed by atoms with Crippen molar-refractivity contribution in [2.24, 2.45) is 0 Å². The van der Waals surface area contributed by atoms with E-state index in [9.17, 15) is 4.79 Å². The van der Waals surface area contributed by atoms with Gasteiger partial charge in [0.1, 0.15) is 5.82 Å². The summed E-state index contributed by atoms with van der Waals surface area (Å²) in [6.07, 6.45) is 5.53. The maximum absolute atomic E-state index is 12.4. The van der Waals surface area contributed by atoms with Crippen LogP contribution in [0.15, 0.2) is 54.9 Å². The number of nitrogens with zero attached hydrogens (tertiary/aromatic N) is 4. The molecule has 0 spiro atoms. The quantitative estimate of drug-likeness (QED) is 0.440. The molecule has 0 amide bonds. The molecule has 0 atom stereocenters. The van der Waals surface area contributed by atoms with Gasteiger partial charge in [-0.1, -0.05) is 36.4 Å². The van der Waals surface area contributed by atoms with Crippen LogP contribution in [-0.4, -0.2) is 44.6 Å². The molecule has 1 aliphatic heterocycles. The normalized spacial score (nSPS) is 14.6. The highest BCUT2D eigenvalue weighted by Crippen LogP contribution is 2.29. The van der Waals surface area contributed by atoms with Gasteiger partial charge in [-0.25, -0.2) is 4.98 Å². The lowest BCUT2D eigenvalue weighted by Gasteiger charge is -2.23. The van der Waals surface area contributed by atoms with Crippen molar-refractivity contribution >= 4 is 17.2 Å². The Balaban J connectivity index is 1.51. The van der Waals surface area contributed by atoms with E-state index in [1.807, 2.05) is 42.5 Å². The summed E-state index contributed by atoms with van der Waals surface area (Å²) in [6, 6.07) is 14.0. The molecule has 8 heteroatoms. The van der Waals surface area contributed by atoms with Gasteiger partial charge in [-0.2, -0.15) is 9.61 Å². The zero-order valence-corrected chi connectivity index (χ0v) is 18.5. The SMILES string of the molecule is CC(=O)c1c(COC2CCNCC2)nc2c(-c3ccc(-c4ccccc4)nc3)cnn2c1N. The van der Waals surface area contributed by atoms with Gasteiger partial charge < -0.3 is 15.8 Å². The molecule has 1 saturated heterocycles. The number of carbonyl (C=O) groups is 1. The van der Waals surface area contributed by atoms with Gasteiger partial charge in [0.05, 0.1) is 35.9 Å². The first-order valence-corrected chi connectivity index (χ1v) is 11.1. The van der Waals surface area contributed by atoms with Gasteiger partial charge in [0.2, 0.25) is 0 Å². The Bertz CT molecular complexity index is 1280. The highest BCUT2D eigenvalue weighted by molar-refractivity contribution is 6.00. The Morgan fingerprint density at radius 3 is 2.61 bits per heavy atom. The van der Waals surface area contributed by atoms with Crippen LogP contribution in [0.2, 0.25) is 0 Å². The predicted octanol–water partition coefficient (Wildman–Crippen LogP) is 3.51. The van der Waals surface area contributed by atoms with Crippen molar-refractivity contribution in [1.29, 1.82) is 0 Å². The Morgan fingerprint density at radius 2 is 1.91 bits per heavy atom. The molecule has 0 saturated carbocycles. The van der Waals surface area contributed by atoms with E-state index in [4.69, 9.17) is 15.5 Å². The number of nitrogens with one attached hydrogen (secondary N) is 1. The predicted molar refractivity (Wildman–Crippen MR) is 127 cm³/mol. The van der Waals surface area contributed by atoms with E-state index in [2.05, 4.69) is 15.4 Å². The summed E-state index contributed by atoms with van der Waals surface area (Å²) in [5, 5.41) is 7.73. The molecule has 4 heterocycles. The van der Waals surface area contributed by atoms with Crippen LogP contribution in [0.5, 0.6) is 0 Å². The zero-order chi connectivity index (χ0) is 22.8. The average molecular weight is 443 g/mol. The van der Waals surface area contributed by atoms with Crippen molar-refractivity contribution in [3.63, 3.8) is 0 Å². The fourth-order valence-electron chi connectivity index (χ4n) is 4.25. The van der Waals surface area contributed by atoms with Gasteiger partial charge in [0.25, 0.3) is 0 Å². The Hall–Kier alpha value is -3.62. The molecule has 1 fully saturated rings. The summed E-state index contributed by atoms with van der Waals surface area (Å²) in [7, 11) is 0. The molecule has 8 nitrogen and oxygen atoms in total. The van der Waals surface area contributed by atoms with Gasteiger partial charge in [0.15, 0.2) is 11.4 Å². The number of nitrogen functional groups attached to an aromatic ring is 1. The van der Waals surface area contributed by atoms with Gasteiger partial charge in [0, 0.05) is 22.9 Å². The first-order chi connectivity index (χ1) is 16.1. The van der Waals surface area contributed by atoms with Crippen LogP contribution in [0.3, 0.4) is 0 Å². The van der Waals surface area contributed by atoms with Crippen LogP contribution in [0, 0.1) is 0 Å². The number of pyridine rings is 1. The zero-order valence-electron chi connectivity index (χ0n) is 18.5. The minimum atomic E-state index is -0.156. The Kier molecular flexibility index (Phi) is 5.85. The highest BCUT2D eigenvalue weighted by Gasteiger charge is 2.22. The monoisotopic (exact) mass is 442 g/mol. The third-order valence-electron chi connectivity index (χ3n) is 6.00. The molecule has 1 aromatic carbocycles. The number of benzene rings is 1. The number of anilines is 1. The first kappa shape index (κ1) is 21.2. The standard InChI is InChI=1S/C25H26N6O2/c1-16(32)23-22(15-33-19-9-11-27-12-10-19)30-25-20(14-29-31(25)24(23)26)18-7-8-21(28-13-18)17-5-3-2-4-6-17/h2-8,13-14,19,27H,9-12,15,26H2,1H3. The minimum Gasteiger partial charge on any atom is -0.383 e. The van der Waals surface area contributed by atoms with E-state index in [1.165, 1.54) is 11.4 Å². The molecule has 33 heavy (non-hydrogen) atoms. The van der Waals surface area contributed by atoms with E-state index in [0.717, 1.165) is 48.3 Å². The molecule has 0 bridgehead atoms. The topological polar surface area (TPSA) is 107 Å². The Labute approximate surface area is 191 Å². The molecule has 5 rings (SSSR count). The number of hydrogen-bond donors (Lipinski definition) is 2. The van der Waals surface area contributed by atoms with E-state index in [0.29, 0.717) is 16.9 Å². The summed E-state index contributed by atoms with van der Waals surface area (Å²) < 4.78 is 7.62. The van der Waals surface area contributed by atoms with Crippen LogP contribution >= 0.6 is 0 Å². The molecule has 168 valence electrons. The van der Waals surface area contributed by atoms with Gasteiger partial charge >= 0.3 is 0 Å². The number of fused-ring (bicyclic) bond motifs is 1. The summed E-state index contributed by atoms with van der Waals surface area (Å²) in [5.41, 5.74) is 11.5. The molecule has 3 aromatic heterocycles. The lowest BCUT2D eigenvalue weighted by Crippen LogP contribution is -2.32. The van der Waals surface area contributed by atoms with Crippen LogP contribution in [0.25, 0.3) is 28.0 Å². The van der Waals surface area contributed by atoms with Crippen molar-refractivity contribution in [3.05, 3.63) is 66.1 Å². The lowest BCUT2D eigenvalue weighted by atomic mass is 10.1. The number of hydrogen-bond acceptors (Lipinski definition) is 7. The number of rotatable bonds is 6. The smallest absolute Gasteiger partial charge is 0.165 e. The van der Waals surface area contributed by atoms with E-state index >= 15 is 0 Å². The fraction of sp³-hybridized carbons (Fsp3) is 0.280. The number of nitrogens with two attached hydrogens (primary N) is 1. The molecule has 3 N–H and O–H groups in total. The molecule has 1 aliphatic rings. The number of Topliss-reactive ketones (excluding diaryl/α,β-unsaturated/α-hetero) is 1. The van der Waals surface area contributed by atoms with Crippen molar-refractivity contribution in [2.75, 3.05) is 18.8 Å². The van der Waals surface area contributed by atoms with Crippen LogP contribution < -0.4 is 11.1 Å². The van der Waals surface area contributed by atoms with Crippen LogP contribution in [0.4, 0.5) is 5.82 Å². The van der Waals surface area contributed by atoms with Crippen molar-refractivity contribution in [2.45, 2.75) is 32.5 Å². The molecule has 4 aromatic rings. The van der Waals surface area contributed by atoms with Crippen molar-refractivity contribution in [1.82, 2.24) is 24.9 Å². The number of piperidine rings is 1. The maximum Gasteiger partial charge on any atom is 0.165 e. The van der Waals surface area contributed by atoms with Crippen molar-refractivity contribution in [3.8, 4) is 22.4 Å². The number of carbonyl (C=O) groups excluding carboxylic acids is 1. The summed E-state index contributed by atoms with van der Waals surface area (Å²) in [5.74, 6) is 0.119. The second kappa shape index (κ2) is 9.09.